The molecule has 3 amide bonds. The summed E-state index contributed by atoms with van der Waals surface area (Å²) >= 11 is 0. The molecule has 1 aromatic carbocycles. The lowest BCUT2D eigenvalue weighted by Crippen LogP contribution is -2.54. The number of ketones is 1. The molecule has 1 heterocycles. The molecule has 0 aromatic heterocycles. The first-order chi connectivity index (χ1) is 12.9. The fourth-order valence-electron chi connectivity index (χ4n) is 4.32. The molecular weight excluding hydrogens is 342 g/mol. The van der Waals surface area contributed by atoms with Gasteiger partial charge in [-0.25, -0.2) is 4.79 Å². The van der Waals surface area contributed by atoms with Crippen molar-refractivity contribution in [1.82, 2.24) is 10.2 Å². The minimum atomic E-state index is -0.817. The molecule has 0 radical (unpaired) electrons. The molecule has 1 saturated heterocycles. The van der Waals surface area contributed by atoms with Crippen LogP contribution in [0, 0.1) is 5.92 Å². The second-order valence-corrected chi connectivity index (χ2v) is 7.58. The number of hydrogen-bond acceptors (Lipinski definition) is 4. The number of nitrogens with one attached hydrogen (secondary N) is 1. The Hall–Kier alpha value is -2.37. The molecule has 2 atom stereocenters. The van der Waals surface area contributed by atoms with Crippen LogP contribution < -0.4 is 10.2 Å². The highest BCUT2D eigenvalue weighted by Crippen LogP contribution is 2.38. The zero-order valence-electron chi connectivity index (χ0n) is 16.5. The van der Waals surface area contributed by atoms with Crippen LogP contribution in [0.2, 0.25) is 0 Å². The monoisotopic (exact) mass is 371 g/mol. The number of Topliss-reactive ketones (excluding diaryl/α,β-unsaturated/α-hetero) is 1. The molecule has 1 saturated carbocycles. The maximum atomic E-state index is 13.0. The van der Waals surface area contributed by atoms with E-state index in [1.165, 1.54) is 0 Å². The summed E-state index contributed by atoms with van der Waals surface area (Å²) in [6.07, 6.45) is 3.57. The van der Waals surface area contributed by atoms with Crippen molar-refractivity contribution in [3.8, 4) is 0 Å². The fraction of sp³-hybridized carbons (Fsp3) is 0.571. The standard InChI is InChI=1S/C21H29N3O3/c1-4-23(5-2)17-11-9-16(10-12-17)18(25)14-24-19(26)21(22-20(24)27)13-7-6-8-15(21)3/h9-12,15H,4-8,13-14H2,1-3H3,(H,22,27)/t15-,21-/m0/s1. The Morgan fingerprint density at radius 1 is 1.19 bits per heavy atom. The quantitative estimate of drug-likeness (QED) is 0.616. The number of rotatable bonds is 6. The lowest BCUT2D eigenvalue weighted by atomic mass is 9.73. The van der Waals surface area contributed by atoms with Crippen molar-refractivity contribution in [3.05, 3.63) is 29.8 Å². The van der Waals surface area contributed by atoms with E-state index in [4.69, 9.17) is 0 Å². The van der Waals surface area contributed by atoms with Gasteiger partial charge in [-0.05, 0) is 56.9 Å². The van der Waals surface area contributed by atoms with Crippen LogP contribution in [0.15, 0.2) is 24.3 Å². The fourth-order valence-corrected chi connectivity index (χ4v) is 4.32. The van der Waals surface area contributed by atoms with Crippen LogP contribution in [0.3, 0.4) is 0 Å². The lowest BCUT2D eigenvalue weighted by molar-refractivity contribution is -0.133. The third kappa shape index (κ3) is 3.45. The van der Waals surface area contributed by atoms with Crippen molar-refractivity contribution in [2.24, 2.45) is 5.92 Å². The van der Waals surface area contributed by atoms with Crippen LogP contribution in [0.1, 0.15) is 56.8 Å². The normalized spacial score (nSPS) is 25.0. The van der Waals surface area contributed by atoms with E-state index in [0.717, 1.165) is 42.9 Å². The lowest BCUT2D eigenvalue weighted by Gasteiger charge is -2.36. The first-order valence-electron chi connectivity index (χ1n) is 9.95. The van der Waals surface area contributed by atoms with Crippen molar-refractivity contribution in [3.63, 3.8) is 0 Å². The largest absolute Gasteiger partial charge is 0.372 e. The zero-order chi connectivity index (χ0) is 19.6. The van der Waals surface area contributed by atoms with Crippen LogP contribution >= 0.6 is 0 Å². The van der Waals surface area contributed by atoms with Crippen LogP contribution in [0.25, 0.3) is 0 Å². The highest BCUT2D eigenvalue weighted by atomic mass is 16.2. The van der Waals surface area contributed by atoms with Gasteiger partial charge >= 0.3 is 6.03 Å². The number of hydrogen-bond donors (Lipinski definition) is 1. The van der Waals surface area contributed by atoms with Crippen LogP contribution in [-0.4, -0.2) is 47.8 Å². The smallest absolute Gasteiger partial charge is 0.325 e. The first-order valence-corrected chi connectivity index (χ1v) is 9.95. The zero-order valence-corrected chi connectivity index (χ0v) is 16.5. The molecule has 0 unspecified atom stereocenters. The first kappa shape index (κ1) is 19.4. The molecule has 2 fully saturated rings. The second kappa shape index (κ2) is 7.71. The number of anilines is 1. The molecule has 1 N–H and O–H groups in total. The summed E-state index contributed by atoms with van der Waals surface area (Å²) in [5.74, 6) is -0.367. The van der Waals surface area contributed by atoms with Gasteiger partial charge in [0.05, 0.1) is 6.54 Å². The summed E-state index contributed by atoms with van der Waals surface area (Å²) in [5.41, 5.74) is 0.757. The number of amides is 3. The van der Waals surface area contributed by atoms with Gasteiger partial charge in [-0.15, -0.1) is 0 Å². The van der Waals surface area contributed by atoms with Gasteiger partial charge in [-0.2, -0.15) is 0 Å². The van der Waals surface area contributed by atoms with Gasteiger partial charge in [0.15, 0.2) is 5.78 Å². The predicted octanol–water partition coefficient (Wildman–Crippen LogP) is 3.22. The Balaban J connectivity index is 1.72. The number of benzene rings is 1. The minimum Gasteiger partial charge on any atom is -0.372 e. The van der Waals surface area contributed by atoms with E-state index in [0.29, 0.717) is 12.0 Å². The number of carbonyl (C=O) groups is 3. The minimum absolute atomic E-state index is 0.0937. The molecular formula is C21H29N3O3. The van der Waals surface area contributed by atoms with Gasteiger partial charge < -0.3 is 10.2 Å². The van der Waals surface area contributed by atoms with Gasteiger partial charge in [0.25, 0.3) is 5.91 Å². The average molecular weight is 371 g/mol. The Kier molecular flexibility index (Phi) is 5.53. The third-order valence-electron chi connectivity index (χ3n) is 6.12. The van der Waals surface area contributed by atoms with Crippen LogP contribution in [0.5, 0.6) is 0 Å². The molecule has 2 aliphatic rings. The number of nitrogens with zero attached hydrogens (tertiary/aromatic N) is 2. The van der Waals surface area contributed by atoms with E-state index in [1.54, 1.807) is 12.1 Å². The molecule has 27 heavy (non-hydrogen) atoms. The Morgan fingerprint density at radius 2 is 1.85 bits per heavy atom. The molecule has 1 aliphatic heterocycles. The summed E-state index contributed by atoms with van der Waals surface area (Å²) in [7, 11) is 0. The van der Waals surface area contributed by atoms with Crippen molar-refractivity contribution in [2.75, 3.05) is 24.5 Å². The maximum Gasteiger partial charge on any atom is 0.325 e. The number of imide groups is 1. The highest BCUT2D eigenvalue weighted by molar-refractivity contribution is 6.11. The molecule has 3 rings (SSSR count). The Bertz CT molecular complexity index is 727. The Morgan fingerprint density at radius 3 is 2.44 bits per heavy atom. The molecule has 6 nitrogen and oxygen atoms in total. The second-order valence-electron chi connectivity index (χ2n) is 7.58. The van der Waals surface area contributed by atoms with Gasteiger partial charge in [-0.3, -0.25) is 14.5 Å². The molecule has 1 aromatic rings. The summed E-state index contributed by atoms with van der Waals surface area (Å²) in [6.45, 7) is 7.77. The van der Waals surface area contributed by atoms with Gasteiger partial charge in [-0.1, -0.05) is 19.8 Å². The molecule has 1 spiro atoms. The van der Waals surface area contributed by atoms with Crippen molar-refractivity contribution in [2.45, 2.75) is 52.0 Å². The maximum absolute atomic E-state index is 13.0. The Labute approximate surface area is 160 Å². The summed E-state index contributed by atoms with van der Waals surface area (Å²) in [5, 5.41) is 2.89. The highest BCUT2D eigenvalue weighted by Gasteiger charge is 2.55. The van der Waals surface area contributed by atoms with Crippen LogP contribution in [0.4, 0.5) is 10.5 Å². The van der Waals surface area contributed by atoms with E-state index in [9.17, 15) is 14.4 Å². The van der Waals surface area contributed by atoms with E-state index in [1.807, 2.05) is 19.1 Å². The van der Waals surface area contributed by atoms with Crippen molar-refractivity contribution >= 4 is 23.4 Å². The summed E-state index contributed by atoms with van der Waals surface area (Å²) in [6, 6.07) is 6.93. The van der Waals surface area contributed by atoms with Crippen LogP contribution in [-0.2, 0) is 4.79 Å². The van der Waals surface area contributed by atoms with E-state index < -0.39 is 11.6 Å². The van der Waals surface area contributed by atoms with E-state index >= 15 is 0 Å². The van der Waals surface area contributed by atoms with Gasteiger partial charge in [0, 0.05) is 24.3 Å². The van der Waals surface area contributed by atoms with E-state index in [2.05, 4.69) is 24.1 Å². The molecule has 1 aliphatic carbocycles. The third-order valence-corrected chi connectivity index (χ3v) is 6.12. The molecule has 6 heteroatoms. The SMILES string of the molecule is CCN(CC)c1ccc(C(=O)CN2C(=O)N[C@]3(CCCC[C@@H]3C)C2=O)cc1. The van der Waals surface area contributed by atoms with Gasteiger partial charge in [0.1, 0.15) is 5.54 Å². The predicted molar refractivity (Wildman–Crippen MR) is 105 cm³/mol. The molecule has 146 valence electrons. The summed E-state index contributed by atoms with van der Waals surface area (Å²) in [4.78, 5) is 41.4. The average Bonchev–Trinajstić information content (AvgIpc) is 2.90. The number of carbonyl (C=O) groups excluding carboxylic acids is 3. The summed E-state index contributed by atoms with van der Waals surface area (Å²) < 4.78 is 0. The molecule has 0 bridgehead atoms. The topological polar surface area (TPSA) is 69.7 Å². The van der Waals surface area contributed by atoms with E-state index in [-0.39, 0.29) is 24.2 Å². The van der Waals surface area contributed by atoms with Crippen molar-refractivity contribution < 1.29 is 14.4 Å². The van der Waals surface area contributed by atoms with Gasteiger partial charge in [0.2, 0.25) is 0 Å². The number of urea groups is 1. The van der Waals surface area contributed by atoms with Crippen molar-refractivity contribution in [1.29, 1.82) is 0 Å².